The molecule has 0 heterocycles. The van der Waals surface area contributed by atoms with Gasteiger partial charge in [0.2, 0.25) is 0 Å². The molecule has 155 valence electrons. The summed E-state index contributed by atoms with van der Waals surface area (Å²) in [6, 6.07) is 0. The van der Waals surface area contributed by atoms with Crippen LogP contribution in [0.2, 0.25) is 4.14 Å². The van der Waals surface area contributed by atoms with Crippen molar-refractivity contribution in [1.29, 1.82) is 0 Å². The van der Waals surface area contributed by atoms with Crippen molar-refractivity contribution in [2.45, 2.75) is 121 Å². The quantitative estimate of drug-likeness (QED) is 0.179. The molecule has 0 rings (SSSR count). The predicted molar refractivity (Wildman–Crippen MR) is 102 cm³/mol. The zero-order chi connectivity index (χ0) is 19.9. The SMILES string of the molecule is CCCCCCCCC[CH2][Nd+3][CH2]CCCCCCCCC.O=P([O-])([O-])[O-]. The van der Waals surface area contributed by atoms with E-state index in [9.17, 15) is 0 Å². The van der Waals surface area contributed by atoms with E-state index in [2.05, 4.69) is 13.8 Å². The largest absolute Gasteiger partial charge is 0.822 e. The van der Waals surface area contributed by atoms with Crippen LogP contribution in [0.4, 0.5) is 0 Å². The third-order valence-electron chi connectivity index (χ3n) is 4.41. The fourth-order valence-corrected chi connectivity index (χ4v) is 6.90. The zero-order valence-corrected chi connectivity index (χ0v) is 21.4. The maximum atomic E-state index is 8.55. The van der Waals surface area contributed by atoms with Crippen molar-refractivity contribution < 1.29 is 56.0 Å². The van der Waals surface area contributed by atoms with Crippen LogP contribution in [0.25, 0.3) is 0 Å². The van der Waals surface area contributed by atoms with E-state index in [-0.39, 0.29) is 36.7 Å². The van der Waals surface area contributed by atoms with Gasteiger partial charge in [-0.2, -0.15) is 7.82 Å². The molecule has 26 heavy (non-hydrogen) atoms. The topological polar surface area (TPSA) is 86.2 Å². The van der Waals surface area contributed by atoms with E-state index in [1.54, 1.807) is 17.0 Å². The van der Waals surface area contributed by atoms with Crippen LogP contribution in [0.15, 0.2) is 0 Å². The third-order valence-corrected chi connectivity index (χ3v) is 8.95. The fraction of sp³-hybridized carbons (Fsp3) is 1.00. The summed E-state index contributed by atoms with van der Waals surface area (Å²) in [6.45, 7) is 4.61. The van der Waals surface area contributed by atoms with Gasteiger partial charge in [-0.3, -0.25) is 0 Å². The molecule has 0 aromatic rings. The van der Waals surface area contributed by atoms with Gasteiger partial charge in [-0.05, 0) is 0 Å². The average molecular weight is 522 g/mol. The second kappa shape index (κ2) is 24.5. The minimum Gasteiger partial charge on any atom is -0.822 e. The molecule has 0 spiro atoms. The van der Waals surface area contributed by atoms with E-state index in [0.29, 0.717) is 0 Å². The van der Waals surface area contributed by atoms with E-state index in [4.69, 9.17) is 19.2 Å². The Morgan fingerprint density at radius 3 is 1.04 bits per heavy atom. The van der Waals surface area contributed by atoms with Gasteiger partial charge < -0.3 is 19.2 Å². The molecule has 0 aromatic heterocycles. The molecular weight excluding hydrogens is 479 g/mol. The number of rotatable bonds is 18. The zero-order valence-electron chi connectivity index (χ0n) is 17.3. The van der Waals surface area contributed by atoms with Gasteiger partial charge in [0.25, 0.3) is 0 Å². The van der Waals surface area contributed by atoms with Crippen LogP contribution >= 0.6 is 7.82 Å². The molecule has 0 amide bonds. The van der Waals surface area contributed by atoms with Gasteiger partial charge >= 0.3 is 157 Å². The number of hydrogen-bond acceptors (Lipinski definition) is 4. The van der Waals surface area contributed by atoms with E-state index >= 15 is 0 Å². The first-order valence-corrected chi connectivity index (χ1v) is 16.8. The molecule has 0 aliphatic heterocycles. The van der Waals surface area contributed by atoms with Gasteiger partial charge in [-0.1, -0.05) is 0 Å². The molecule has 6 heteroatoms. The molecule has 0 aliphatic carbocycles. The normalized spacial score (nSPS) is 11.0. The fourth-order valence-electron chi connectivity index (χ4n) is 2.89. The Bertz CT molecular complexity index is 271. The summed E-state index contributed by atoms with van der Waals surface area (Å²) < 4.78 is 11.9. The molecule has 0 fully saturated rings. The Labute approximate surface area is 183 Å². The maximum Gasteiger partial charge on any atom is -0.159 e. The molecule has 0 N–H and O–H groups in total. The van der Waals surface area contributed by atoms with Crippen LogP contribution in [-0.4, -0.2) is 0 Å². The van der Waals surface area contributed by atoms with Crippen LogP contribution in [0.3, 0.4) is 0 Å². The molecule has 0 aromatic carbocycles. The standard InChI is InChI=1S/2C10H21.Nd.H3O4P/c2*1-3-5-7-9-10-8-6-4-2;;1-5(2,3)4/h2*1,3-10H2,2H3;;(H3,1,2,3,4)/q;;+3;/p-3. The van der Waals surface area contributed by atoms with Crippen molar-refractivity contribution in [3.05, 3.63) is 0 Å². The molecule has 0 saturated heterocycles. The number of phosphoric acid groups is 1. The van der Waals surface area contributed by atoms with Crippen LogP contribution in [0.1, 0.15) is 117 Å². The first-order valence-electron chi connectivity index (χ1n) is 10.9. The van der Waals surface area contributed by atoms with Crippen molar-refractivity contribution in [1.82, 2.24) is 0 Å². The van der Waals surface area contributed by atoms with E-state index in [0.717, 1.165) is 0 Å². The molecule has 0 aliphatic rings. The molecule has 0 atom stereocenters. The molecule has 0 radical (unpaired) electrons. The van der Waals surface area contributed by atoms with Crippen molar-refractivity contribution in [2.24, 2.45) is 0 Å². The summed E-state index contributed by atoms with van der Waals surface area (Å²) in [7, 11) is -5.39. The summed E-state index contributed by atoms with van der Waals surface area (Å²) in [4.78, 5) is 25.6. The first-order chi connectivity index (χ1) is 12.4. The number of unbranched alkanes of at least 4 members (excludes halogenated alkanes) is 14. The van der Waals surface area contributed by atoms with E-state index in [1.165, 1.54) is 89.9 Å². The van der Waals surface area contributed by atoms with Crippen molar-refractivity contribution in [3.8, 4) is 0 Å². The van der Waals surface area contributed by atoms with Crippen LogP contribution in [0.5, 0.6) is 0 Å². The monoisotopic (exact) mass is 519 g/mol. The number of hydrogen-bond donors (Lipinski definition) is 0. The first kappa shape index (κ1) is 29.7. The average Bonchev–Trinajstić information content (AvgIpc) is 2.56. The van der Waals surface area contributed by atoms with Crippen molar-refractivity contribution >= 4 is 7.82 Å². The second-order valence-electron chi connectivity index (χ2n) is 7.15. The molecule has 0 saturated carbocycles. The van der Waals surface area contributed by atoms with Crippen molar-refractivity contribution in [3.63, 3.8) is 0 Å². The Morgan fingerprint density at radius 2 is 0.769 bits per heavy atom. The van der Waals surface area contributed by atoms with Gasteiger partial charge in [-0.15, -0.1) is 0 Å². The van der Waals surface area contributed by atoms with Crippen molar-refractivity contribution in [2.75, 3.05) is 0 Å². The minimum atomic E-state index is -5.39. The van der Waals surface area contributed by atoms with Crippen LogP contribution < -0.4 is 14.7 Å². The van der Waals surface area contributed by atoms with E-state index < -0.39 is 7.82 Å². The molecule has 0 bridgehead atoms. The summed E-state index contributed by atoms with van der Waals surface area (Å²) in [5.74, 6) is 0. The second-order valence-corrected chi connectivity index (χ2v) is 12.9. The predicted octanol–water partition coefficient (Wildman–Crippen LogP) is 5.36. The minimum absolute atomic E-state index is 0.154. The maximum absolute atomic E-state index is 8.55. The third kappa shape index (κ3) is 40.2. The summed E-state index contributed by atoms with van der Waals surface area (Å²) >= 11 is -0.154. The summed E-state index contributed by atoms with van der Waals surface area (Å²) in [6.07, 6.45) is 23.9. The van der Waals surface area contributed by atoms with Gasteiger partial charge in [0.15, 0.2) is 0 Å². The van der Waals surface area contributed by atoms with E-state index in [1.807, 2.05) is 0 Å². The molecular formula is C20H42NdO4P. The Balaban J connectivity index is 0. The van der Waals surface area contributed by atoms with Gasteiger partial charge in [-0.25, -0.2) is 0 Å². The van der Waals surface area contributed by atoms with Crippen LogP contribution in [-0.2, 0) is 4.57 Å². The van der Waals surface area contributed by atoms with Crippen LogP contribution in [0, 0.1) is 36.7 Å². The summed E-state index contributed by atoms with van der Waals surface area (Å²) in [5.41, 5.74) is 0. The Kier molecular flexibility index (Phi) is 27.9. The summed E-state index contributed by atoms with van der Waals surface area (Å²) in [5, 5.41) is 0. The smallest absolute Gasteiger partial charge is 0.159 e. The molecule has 0 unspecified atom stereocenters. The molecule has 4 nitrogen and oxygen atoms in total. The Morgan fingerprint density at radius 1 is 0.538 bits per heavy atom. The van der Waals surface area contributed by atoms with Gasteiger partial charge in [0.05, 0.1) is 0 Å². The van der Waals surface area contributed by atoms with Gasteiger partial charge in [0, 0.05) is 0 Å². The Hall–Kier alpha value is 1.46. The van der Waals surface area contributed by atoms with Gasteiger partial charge in [0.1, 0.15) is 0 Å².